The molecule has 1 saturated heterocycles. The summed E-state index contributed by atoms with van der Waals surface area (Å²) in [6.07, 6.45) is 4.32. The number of rotatable bonds is 4. The Morgan fingerprint density at radius 1 is 1.16 bits per heavy atom. The van der Waals surface area contributed by atoms with E-state index in [0.29, 0.717) is 19.3 Å². The van der Waals surface area contributed by atoms with Crippen molar-refractivity contribution in [2.45, 2.75) is 97.9 Å². The standard InChI is InChI=1S/C23H37N3O5/c1-7-20-13(2)8-10-19(27)14(3)12-15(4)22(16(5)23(28)30-20)31-21-11-9-18(25-26-24)17(6)29-21/h9,11,13-18,20-22H,7-8,10,12H2,1-6H3/t13-,14-,15+,16-,17-,18+,20?,21-,22?/m1/s1. The molecule has 2 rings (SSSR count). The number of ether oxygens (including phenoxy) is 3. The number of azide groups is 1. The lowest BCUT2D eigenvalue weighted by molar-refractivity contribution is -0.201. The molecule has 0 aromatic heterocycles. The second-order valence-electron chi connectivity index (χ2n) is 9.16. The number of carbonyl (C=O) groups excluding carboxylic acids is 2. The van der Waals surface area contributed by atoms with Crippen molar-refractivity contribution in [3.63, 3.8) is 0 Å². The van der Waals surface area contributed by atoms with Crippen LogP contribution in [0.5, 0.6) is 0 Å². The lowest BCUT2D eigenvalue weighted by Gasteiger charge is -2.36. The number of ketones is 1. The van der Waals surface area contributed by atoms with Gasteiger partial charge in [0.25, 0.3) is 0 Å². The summed E-state index contributed by atoms with van der Waals surface area (Å²) >= 11 is 0. The van der Waals surface area contributed by atoms with E-state index < -0.39 is 24.4 Å². The topological polar surface area (TPSA) is 111 Å². The Hall–Kier alpha value is -1.89. The first-order valence-electron chi connectivity index (χ1n) is 11.4. The smallest absolute Gasteiger partial charge is 0.311 e. The van der Waals surface area contributed by atoms with Crippen molar-refractivity contribution in [1.82, 2.24) is 0 Å². The third kappa shape index (κ3) is 6.79. The molecule has 174 valence electrons. The Morgan fingerprint density at radius 3 is 2.48 bits per heavy atom. The average Bonchev–Trinajstić information content (AvgIpc) is 2.74. The normalized spacial score (nSPS) is 40.3. The summed E-state index contributed by atoms with van der Waals surface area (Å²) in [5.41, 5.74) is 8.68. The maximum absolute atomic E-state index is 13.0. The van der Waals surface area contributed by atoms with Crippen molar-refractivity contribution >= 4 is 11.8 Å². The van der Waals surface area contributed by atoms with Crippen LogP contribution in [0.15, 0.2) is 17.3 Å². The van der Waals surface area contributed by atoms with Crippen LogP contribution in [-0.4, -0.2) is 42.4 Å². The maximum Gasteiger partial charge on any atom is 0.311 e. The molecule has 2 aliphatic heterocycles. The summed E-state index contributed by atoms with van der Waals surface area (Å²) in [4.78, 5) is 28.5. The van der Waals surface area contributed by atoms with Gasteiger partial charge in [-0.1, -0.05) is 38.9 Å². The summed E-state index contributed by atoms with van der Waals surface area (Å²) in [6, 6.07) is -0.398. The molecule has 0 N–H and O–H groups in total. The van der Waals surface area contributed by atoms with Gasteiger partial charge in [0.1, 0.15) is 11.9 Å². The zero-order valence-corrected chi connectivity index (χ0v) is 19.6. The first kappa shape index (κ1) is 25.4. The largest absolute Gasteiger partial charge is 0.462 e. The molecule has 0 spiro atoms. The Kier molecular flexibility index (Phi) is 9.54. The Morgan fingerprint density at radius 2 is 1.87 bits per heavy atom. The molecule has 0 saturated carbocycles. The number of Topliss-reactive ketones (excluding diaryl/α,β-unsaturated/α-hetero) is 1. The highest BCUT2D eigenvalue weighted by Crippen LogP contribution is 2.31. The van der Waals surface area contributed by atoms with Gasteiger partial charge in [-0.25, -0.2) is 0 Å². The monoisotopic (exact) mass is 435 g/mol. The molecule has 0 aromatic rings. The summed E-state index contributed by atoms with van der Waals surface area (Å²) < 4.78 is 18.0. The minimum atomic E-state index is -0.664. The highest BCUT2D eigenvalue weighted by atomic mass is 16.7. The van der Waals surface area contributed by atoms with E-state index in [1.165, 1.54) is 0 Å². The Bertz CT molecular complexity index is 705. The summed E-state index contributed by atoms with van der Waals surface area (Å²) in [7, 11) is 0. The lowest BCUT2D eigenvalue weighted by atomic mass is 9.83. The van der Waals surface area contributed by atoms with E-state index in [2.05, 4.69) is 10.0 Å². The molecule has 2 aliphatic rings. The van der Waals surface area contributed by atoms with Crippen LogP contribution in [0.25, 0.3) is 10.4 Å². The molecule has 0 bridgehead atoms. The second kappa shape index (κ2) is 11.7. The fourth-order valence-electron chi connectivity index (χ4n) is 4.49. The van der Waals surface area contributed by atoms with Crippen molar-refractivity contribution in [1.29, 1.82) is 0 Å². The van der Waals surface area contributed by atoms with Gasteiger partial charge in [0, 0.05) is 17.3 Å². The van der Waals surface area contributed by atoms with Crippen LogP contribution < -0.4 is 0 Å². The van der Waals surface area contributed by atoms with Crippen LogP contribution in [0.3, 0.4) is 0 Å². The summed E-state index contributed by atoms with van der Waals surface area (Å²) in [5, 5.41) is 3.70. The average molecular weight is 436 g/mol. The van der Waals surface area contributed by atoms with Crippen molar-refractivity contribution in [2.75, 3.05) is 0 Å². The molecule has 8 nitrogen and oxygen atoms in total. The highest BCUT2D eigenvalue weighted by Gasteiger charge is 2.37. The third-order valence-electron chi connectivity index (χ3n) is 6.62. The summed E-state index contributed by atoms with van der Waals surface area (Å²) in [5.74, 6) is -0.592. The zero-order valence-electron chi connectivity index (χ0n) is 19.6. The highest BCUT2D eigenvalue weighted by molar-refractivity contribution is 5.80. The van der Waals surface area contributed by atoms with Crippen LogP contribution in [0.1, 0.15) is 67.2 Å². The van der Waals surface area contributed by atoms with Crippen molar-refractivity contribution in [3.8, 4) is 0 Å². The molecular weight excluding hydrogens is 398 g/mol. The molecule has 0 amide bonds. The fourth-order valence-corrected chi connectivity index (χ4v) is 4.49. The van der Waals surface area contributed by atoms with Gasteiger partial charge < -0.3 is 14.2 Å². The quantitative estimate of drug-likeness (QED) is 0.203. The number of esters is 1. The van der Waals surface area contributed by atoms with Crippen LogP contribution in [-0.2, 0) is 23.8 Å². The zero-order chi connectivity index (χ0) is 23.1. The van der Waals surface area contributed by atoms with E-state index in [1.54, 1.807) is 12.2 Å². The molecule has 2 heterocycles. The SMILES string of the molecule is CCC1OC(=O)[C@H](C)C(O[C@@H]2C=C[C@H](N=[N+]=[N-])[C@@H](C)O2)[C@@H](C)C[C@@H](C)C(=O)CC[C@H]1C. The third-order valence-corrected chi connectivity index (χ3v) is 6.62. The van der Waals surface area contributed by atoms with E-state index in [9.17, 15) is 9.59 Å². The maximum atomic E-state index is 13.0. The molecule has 1 fully saturated rings. The first-order chi connectivity index (χ1) is 14.7. The first-order valence-corrected chi connectivity index (χ1v) is 11.4. The van der Waals surface area contributed by atoms with Gasteiger partial charge in [-0.15, -0.1) is 0 Å². The molecule has 2 unspecified atom stereocenters. The van der Waals surface area contributed by atoms with Gasteiger partial charge in [0.15, 0.2) is 6.29 Å². The van der Waals surface area contributed by atoms with E-state index in [0.717, 1.165) is 6.42 Å². The Balaban J connectivity index is 2.25. The molecular formula is C23H37N3O5. The lowest BCUT2D eigenvalue weighted by Crippen LogP contribution is -2.43. The van der Waals surface area contributed by atoms with Gasteiger partial charge in [0.05, 0.1) is 24.2 Å². The molecule has 0 aromatic carbocycles. The van der Waals surface area contributed by atoms with Crippen LogP contribution in [0.4, 0.5) is 0 Å². The van der Waals surface area contributed by atoms with E-state index in [-0.39, 0.29) is 41.7 Å². The van der Waals surface area contributed by atoms with Gasteiger partial charge in [-0.2, -0.15) is 0 Å². The van der Waals surface area contributed by atoms with Crippen LogP contribution in [0, 0.1) is 23.7 Å². The predicted molar refractivity (Wildman–Crippen MR) is 117 cm³/mol. The van der Waals surface area contributed by atoms with Gasteiger partial charge in [0.2, 0.25) is 0 Å². The number of nitrogens with zero attached hydrogens (tertiary/aromatic N) is 3. The fraction of sp³-hybridized carbons (Fsp3) is 0.826. The molecule has 31 heavy (non-hydrogen) atoms. The van der Waals surface area contributed by atoms with Crippen molar-refractivity contribution in [3.05, 3.63) is 22.6 Å². The van der Waals surface area contributed by atoms with Gasteiger partial charge >= 0.3 is 5.97 Å². The number of hydrogen-bond acceptors (Lipinski definition) is 6. The number of hydrogen-bond donors (Lipinski definition) is 0. The number of carbonyl (C=O) groups is 2. The second-order valence-corrected chi connectivity index (χ2v) is 9.16. The van der Waals surface area contributed by atoms with E-state index in [1.807, 2.05) is 41.5 Å². The predicted octanol–water partition coefficient (Wildman–Crippen LogP) is 4.97. The van der Waals surface area contributed by atoms with E-state index >= 15 is 0 Å². The van der Waals surface area contributed by atoms with Crippen LogP contribution in [0.2, 0.25) is 0 Å². The Labute approximate surface area is 185 Å². The molecule has 8 heteroatoms. The van der Waals surface area contributed by atoms with Crippen molar-refractivity contribution < 1.29 is 23.8 Å². The summed E-state index contributed by atoms with van der Waals surface area (Å²) in [6.45, 7) is 11.6. The molecule has 0 aliphatic carbocycles. The van der Waals surface area contributed by atoms with E-state index in [4.69, 9.17) is 19.7 Å². The van der Waals surface area contributed by atoms with Gasteiger partial charge in [-0.05, 0) is 56.6 Å². The van der Waals surface area contributed by atoms with Gasteiger partial charge in [-0.3, -0.25) is 9.59 Å². The minimum Gasteiger partial charge on any atom is -0.462 e. The van der Waals surface area contributed by atoms with Crippen molar-refractivity contribution in [2.24, 2.45) is 28.8 Å². The number of cyclic esters (lactones) is 1. The minimum absolute atomic E-state index is 0.0550. The molecule has 9 atom stereocenters. The molecule has 0 radical (unpaired) electrons. The van der Waals surface area contributed by atoms with Crippen LogP contribution >= 0.6 is 0 Å².